The number of ether oxygens (including phenoxy) is 2. The molecule has 5 heteroatoms. The largest absolute Gasteiger partial charge is 0.497 e. The molecule has 3 rings (SSSR count). The summed E-state index contributed by atoms with van der Waals surface area (Å²) in [5.41, 5.74) is 2.55. The van der Waals surface area contributed by atoms with Gasteiger partial charge in [0.05, 0.1) is 20.3 Å². The van der Waals surface area contributed by atoms with E-state index in [1.807, 2.05) is 11.0 Å². The minimum absolute atomic E-state index is 0.153. The van der Waals surface area contributed by atoms with E-state index in [0.717, 1.165) is 25.0 Å². The molecule has 0 N–H and O–H groups in total. The predicted molar refractivity (Wildman–Crippen MR) is 88.7 cm³/mol. The molecule has 2 aliphatic heterocycles. The summed E-state index contributed by atoms with van der Waals surface area (Å²) in [7, 11) is 1.68. The number of urea groups is 1. The van der Waals surface area contributed by atoms with Gasteiger partial charge in [-0.1, -0.05) is 19.4 Å². The number of morpholine rings is 1. The van der Waals surface area contributed by atoms with Gasteiger partial charge in [-0.2, -0.15) is 0 Å². The predicted octanol–water partition coefficient (Wildman–Crippen LogP) is 2.67. The first-order valence-corrected chi connectivity index (χ1v) is 8.52. The SMILES string of the molecule is CCCC1Cc2ccc(OC)cc2CN1C(=O)N1CCOCC1. The Morgan fingerprint density at radius 1 is 1.30 bits per heavy atom. The highest BCUT2D eigenvalue weighted by atomic mass is 16.5. The lowest BCUT2D eigenvalue weighted by atomic mass is 9.91. The average Bonchev–Trinajstić information content (AvgIpc) is 2.61. The van der Waals surface area contributed by atoms with Crippen molar-refractivity contribution in [3.8, 4) is 5.75 Å². The number of hydrogen-bond acceptors (Lipinski definition) is 3. The van der Waals surface area contributed by atoms with Crippen LogP contribution >= 0.6 is 0 Å². The number of benzene rings is 1. The smallest absolute Gasteiger partial charge is 0.320 e. The van der Waals surface area contributed by atoms with Crippen LogP contribution in [0.1, 0.15) is 30.9 Å². The van der Waals surface area contributed by atoms with Gasteiger partial charge in [-0.05, 0) is 36.1 Å². The molecule has 2 amide bonds. The Morgan fingerprint density at radius 2 is 2.09 bits per heavy atom. The molecular formula is C18H26N2O3. The van der Waals surface area contributed by atoms with Crippen molar-refractivity contribution >= 4 is 6.03 Å². The molecule has 0 saturated carbocycles. The fourth-order valence-corrected chi connectivity index (χ4v) is 3.50. The van der Waals surface area contributed by atoms with Crippen molar-refractivity contribution in [3.05, 3.63) is 29.3 Å². The lowest BCUT2D eigenvalue weighted by Gasteiger charge is -2.41. The molecule has 126 valence electrons. The minimum atomic E-state index is 0.153. The van der Waals surface area contributed by atoms with Crippen LogP contribution in [-0.2, 0) is 17.7 Å². The highest BCUT2D eigenvalue weighted by Crippen LogP contribution is 2.29. The van der Waals surface area contributed by atoms with Crippen molar-refractivity contribution in [1.29, 1.82) is 0 Å². The molecule has 1 fully saturated rings. The van der Waals surface area contributed by atoms with E-state index in [0.29, 0.717) is 32.8 Å². The topological polar surface area (TPSA) is 42.0 Å². The van der Waals surface area contributed by atoms with Crippen molar-refractivity contribution < 1.29 is 14.3 Å². The Hall–Kier alpha value is -1.75. The molecule has 0 bridgehead atoms. The lowest BCUT2D eigenvalue weighted by molar-refractivity contribution is 0.0363. The van der Waals surface area contributed by atoms with E-state index >= 15 is 0 Å². The Balaban J connectivity index is 1.82. The second kappa shape index (κ2) is 7.21. The number of amides is 2. The van der Waals surface area contributed by atoms with Gasteiger partial charge in [0, 0.05) is 25.7 Å². The number of carbonyl (C=O) groups is 1. The zero-order valence-electron chi connectivity index (χ0n) is 14.1. The van der Waals surface area contributed by atoms with Crippen LogP contribution in [0, 0.1) is 0 Å². The maximum absolute atomic E-state index is 13.0. The standard InChI is InChI=1S/C18H26N2O3/c1-3-4-16-11-14-5-6-17(22-2)12-15(14)13-20(16)18(21)19-7-9-23-10-8-19/h5-6,12,16H,3-4,7-11,13H2,1-2H3. The number of rotatable bonds is 3. The monoisotopic (exact) mass is 318 g/mol. The Labute approximate surface area is 138 Å². The van der Waals surface area contributed by atoms with E-state index in [9.17, 15) is 4.79 Å². The van der Waals surface area contributed by atoms with Crippen LogP contribution in [0.5, 0.6) is 5.75 Å². The maximum atomic E-state index is 13.0. The summed E-state index contributed by atoms with van der Waals surface area (Å²) in [4.78, 5) is 16.9. The molecule has 2 aliphatic rings. The van der Waals surface area contributed by atoms with Crippen molar-refractivity contribution in [2.24, 2.45) is 0 Å². The fourth-order valence-electron chi connectivity index (χ4n) is 3.50. The summed E-state index contributed by atoms with van der Waals surface area (Å²) in [6.07, 6.45) is 3.06. The summed E-state index contributed by atoms with van der Waals surface area (Å²) in [5, 5.41) is 0. The van der Waals surface area contributed by atoms with Gasteiger partial charge in [0.15, 0.2) is 0 Å². The summed E-state index contributed by atoms with van der Waals surface area (Å²) in [5.74, 6) is 0.858. The van der Waals surface area contributed by atoms with Gasteiger partial charge >= 0.3 is 6.03 Å². The van der Waals surface area contributed by atoms with Gasteiger partial charge in [-0.25, -0.2) is 4.79 Å². The molecule has 1 atom stereocenters. The zero-order valence-corrected chi connectivity index (χ0v) is 14.1. The Morgan fingerprint density at radius 3 is 2.78 bits per heavy atom. The highest BCUT2D eigenvalue weighted by Gasteiger charge is 2.32. The molecule has 0 radical (unpaired) electrons. The minimum Gasteiger partial charge on any atom is -0.497 e. The van der Waals surface area contributed by atoms with Crippen molar-refractivity contribution in [2.75, 3.05) is 33.4 Å². The number of fused-ring (bicyclic) bond motifs is 1. The third kappa shape index (κ3) is 3.44. The first-order valence-electron chi connectivity index (χ1n) is 8.52. The van der Waals surface area contributed by atoms with Crippen LogP contribution < -0.4 is 4.74 Å². The maximum Gasteiger partial charge on any atom is 0.320 e. The van der Waals surface area contributed by atoms with E-state index < -0.39 is 0 Å². The third-order valence-electron chi connectivity index (χ3n) is 4.80. The zero-order chi connectivity index (χ0) is 16.2. The van der Waals surface area contributed by atoms with Gasteiger partial charge < -0.3 is 19.3 Å². The number of methoxy groups -OCH3 is 1. The second-order valence-electron chi connectivity index (χ2n) is 6.29. The van der Waals surface area contributed by atoms with Crippen LogP contribution in [0.25, 0.3) is 0 Å². The summed E-state index contributed by atoms with van der Waals surface area (Å²) in [6, 6.07) is 6.67. The second-order valence-corrected chi connectivity index (χ2v) is 6.29. The summed E-state index contributed by atoms with van der Waals surface area (Å²) in [6.45, 7) is 5.53. The fraction of sp³-hybridized carbons (Fsp3) is 0.611. The molecule has 1 aromatic rings. The van der Waals surface area contributed by atoms with Crippen LogP contribution in [0.2, 0.25) is 0 Å². The van der Waals surface area contributed by atoms with Gasteiger partial charge in [0.1, 0.15) is 5.75 Å². The average molecular weight is 318 g/mol. The molecular weight excluding hydrogens is 292 g/mol. The molecule has 5 nitrogen and oxygen atoms in total. The van der Waals surface area contributed by atoms with E-state index in [1.54, 1.807) is 7.11 Å². The quantitative estimate of drug-likeness (QED) is 0.860. The first kappa shape index (κ1) is 16.1. The van der Waals surface area contributed by atoms with Crippen LogP contribution in [0.15, 0.2) is 18.2 Å². The van der Waals surface area contributed by atoms with Gasteiger partial charge in [-0.15, -0.1) is 0 Å². The molecule has 1 aromatic carbocycles. The van der Waals surface area contributed by atoms with Crippen LogP contribution in [0.3, 0.4) is 0 Å². The van der Waals surface area contributed by atoms with E-state index in [-0.39, 0.29) is 12.1 Å². The molecule has 0 spiro atoms. The van der Waals surface area contributed by atoms with Crippen LogP contribution in [0.4, 0.5) is 4.79 Å². The highest BCUT2D eigenvalue weighted by molar-refractivity contribution is 5.75. The van der Waals surface area contributed by atoms with E-state index in [4.69, 9.17) is 9.47 Å². The normalized spacial score (nSPS) is 21.0. The molecule has 23 heavy (non-hydrogen) atoms. The van der Waals surface area contributed by atoms with E-state index in [1.165, 1.54) is 11.1 Å². The summed E-state index contributed by atoms with van der Waals surface area (Å²) >= 11 is 0. The van der Waals surface area contributed by atoms with E-state index in [2.05, 4.69) is 24.0 Å². The molecule has 1 saturated heterocycles. The number of nitrogens with zero attached hydrogens (tertiary/aromatic N) is 2. The molecule has 1 unspecified atom stereocenters. The van der Waals surface area contributed by atoms with Crippen molar-refractivity contribution in [1.82, 2.24) is 9.80 Å². The Bertz CT molecular complexity index is 555. The van der Waals surface area contributed by atoms with Gasteiger partial charge in [0.25, 0.3) is 0 Å². The number of carbonyl (C=O) groups excluding carboxylic acids is 1. The molecule has 2 heterocycles. The third-order valence-corrected chi connectivity index (χ3v) is 4.80. The molecule has 0 aliphatic carbocycles. The first-order chi connectivity index (χ1) is 11.2. The Kier molecular flexibility index (Phi) is 5.06. The van der Waals surface area contributed by atoms with Crippen molar-refractivity contribution in [3.63, 3.8) is 0 Å². The van der Waals surface area contributed by atoms with Crippen molar-refractivity contribution in [2.45, 2.75) is 38.8 Å². The van der Waals surface area contributed by atoms with Crippen LogP contribution in [-0.4, -0.2) is 55.3 Å². The summed E-state index contributed by atoms with van der Waals surface area (Å²) < 4.78 is 10.7. The molecule has 0 aromatic heterocycles. The number of hydrogen-bond donors (Lipinski definition) is 0. The van der Waals surface area contributed by atoms with Gasteiger partial charge in [-0.3, -0.25) is 0 Å². The lowest BCUT2D eigenvalue weighted by Crippen LogP contribution is -2.53. The van der Waals surface area contributed by atoms with Gasteiger partial charge in [0.2, 0.25) is 0 Å².